The lowest BCUT2D eigenvalue weighted by molar-refractivity contribution is -0.145. The maximum absolute atomic E-state index is 13.2. The van der Waals surface area contributed by atoms with E-state index in [1.807, 2.05) is 18.2 Å². The third-order valence-electron chi connectivity index (χ3n) is 6.17. The van der Waals surface area contributed by atoms with Crippen molar-refractivity contribution in [1.82, 2.24) is 14.9 Å². The van der Waals surface area contributed by atoms with E-state index in [-0.39, 0.29) is 18.9 Å². The maximum atomic E-state index is 13.2. The van der Waals surface area contributed by atoms with Crippen LogP contribution in [-0.4, -0.2) is 97.7 Å². The number of fused-ring (bicyclic) bond motifs is 1. The summed E-state index contributed by atoms with van der Waals surface area (Å²) in [4.78, 5) is 37.2. The first kappa shape index (κ1) is 31.6. The van der Waals surface area contributed by atoms with Crippen molar-refractivity contribution in [3.63, 3.8) is 0 Å². The maximum Gasteiger partial charge on any atom is 0.304 e. The zero-order chi connectivity index (χ0) is 29.1. The van der Waals surface area contributed by atoms with Crippen molar-refractivity contribution in [3.05, 3.63) is 58.2 Å². The minimum Gasteiger partial charge on any atom is -0.494 e. The van der Waals surface area contributed by atoms with E-state index in [0.29, 0.717) is 84.0 Å². The van der Waals surface area contributed by atoms with Gasteiger partial charge in [-0.05, 0) is 47.7 Å². The lowest BCUT2D eigenvalue weighted by Crippen LogP contribution is -2.37. The molecule has 0 unspecified atom stereocenters. The van der Waals surface area contributed by atoms with E-state index in [2.05, 4.69) is 25.3 Å². The molecule has 0 fully saturated rings. The molecule has 2 heterocycles. The number of amides is 1. The van der Waals surface area contributed by atoms with Crippen molar-refractivity contribution in [2.24, 2.45) is 11.0 Å². The van der Waals surface area contributed by atoms with Gasteiger partial charge >= 0.3 is 5.97 Å². The monoisotopic (exact) mass is 571 g/mol. The number of azide groups is 1. The van der Waals surface area contributed by atoms with E-state index >= 15 is 0 Å². The number of carbonyl (C=O) groups excluding carboxylic acids is 1. The molecule has 2 N–H and O–H groups in total. The summed E-state index contributed by atoms with van der Waals surface area (Å²) < 4.78 is 22.3. The molecule has 1 amide bonds. The summed E-state index contributed by atoms with van der Waals surface area (Å²) in [7, 11) is 0. The van der Waals surface area contributed by atoms with E-state index in [1.54, 1.807) is 23.4 Å². The summed E-state index contributed by atoms with van der Waals surface area (Å²) in [6.07, 6.45) is 4.22. The summed E-state index contributed by atoms with van der Waals surface area (Å²) in [5.41, 5.74) is 10.1. The second kappa shape index (κ2) is 18.4. The van der Waals surface area contributed by atoms with Gasteiger partial charge in [0.2, 0.25) is 11.9 Å². The number of anilines is 1. The molecule has 41 heavy (non-hydrogen) atoms. The summed E-state index contributed by atoms with van der Waals surface area (Å²) in [6, 6.07) is 7.46. The molecular weight excluding hydrogens is 534 g/mol. The van der Waals surface area contributed by atoms with Crippen LogP contribution in [0.2, 0.25) is 0 Å². The highest BCUT2D eigenvalue weighted by Crippen LogP contribution is 2.28. The molecule has 0 spiro atoms. The summed E-state index contributed by atoms with van der Waals surface area (Å²) in [6.45, 7) is 4.23. The molecular formula is C27H37N7O7. The number of aromatic nitrogens is 2. The van der Waals surface area contributed by atoms with E-state index in [4.69, 9.17) is 24.5 Å². The smallest absolute Gasteiger partial charge is 0.304 e. The predicted octanol–water partition coefficient (Wildman–Crippen LogP) is 2.69. The standard InChI is InChI=1S/C27H37N7O7/c28-33-32-8-11-38-13-15-40-16-14-39-12-9-34-20-23-18-24(41-10-2-7-31-27-29-5-1-6-30-27)4-3-21(23)17-22(26(34)37)19-25(35)36/h1,3-6,18,22H,2,7-17,19-20H2,(H,35,36)(H,29,30,31)/t22-/m0/s1. The molecule has 0 saturated carbocycles. The SMILES string of the molecule is [N-]=[N+]=NCCOCCOCCOCCN1Cc2cc(OCCCNc3ncccn3)ccc2C[C@@H](CC(=O)O)C1=O. The fourth-order valence-electron chi connectivity index (χ4n) is 4.21. The van der Waals surface area contributed by atoms with E-state index in [1.165, 1.54) is 0 Å². The summed E-state index contributed by atoms with van der Waals surface area (Å²) in [5, 5.41) is 15.9. The van der Waals surface area contributed by atoms with Crippen molar-refractivity contribution < 1.29 is 33.6 Å². The highest BCUT2D eigenvalue weighted by molar-refractivity contribution is 5.84. The highest BCUT2D eigenvalue weighted by atomic mass is 16.5. The average Bonchev–Trinajstić information content (AvgIpc) is 3.09. The first-order valence-electron chi connectivity index (χ1n) is 13.6. The van der Waals surface area contributed by atoms with Gasteiger partial charge in [-0.15, -0.1) is 0 Å². The number of rotatable bonds is 20. The predicted molar refractivity (Wildman–Crippen MR) is 148 cm³/mol. The van der Waals surface area contributed by atoms with Crippen LogP contribution < -0.4 is 10.1 Å². The molecule has 14 heteroatoms. The zero-order valence-electron chi connectivity index (χ0n) is 23.0. The fraction of sp³-hybridized carbons (Fsp3) is 0.556. The van der Waals surface area contributed by atoms with Crippen molar-refractivity contribution >= 4 is 17.8 Å². The number of nitrogens with zero attached hydrogens (tertiary/aromatic N) is 6. The van der Waals surface area contributed by atoms with Gasteiger partial charge in [-0.3, -0.25) is 9.59 Å². The summed E-state index contributed by atoms with van der Waals surface area (Å²) in [5.74, 6) is -0.581. The first-order chi connectivity index (χ1) is 20.1. The molecule has 1 aromatic heterocycles. The number of carbonyl (C=O) groups is 2. The van der Waals surface area contributed by atoms with Crippen LogP contribution in [0.5, 0.6) is 5.75 Å². The highest BCUT2D eigenvalue weighted by Gasteiger charge is 2.31. The minimum absolute atomic E-state index is 0.196. The van der Waals surface area contributed by atoms with Crippen LogP contribution in [0.4, 0.5) is 5.95 Å². The van der Waals surface area contributed by atoms with Crippen LogP contribution in [0.25, 0.3) is 10.4 Å². The van der Waals surface area contributed by atoms with Crippen LogP contribution >= 0.6 is 0 Å². The van der Waals surface area contributed by atoms with Gasteiger partial charge < -0.3 is 34.3 Å². The van der Waals surface area contributed by atoms with Gasteiger partial charge in [-0.2, -0.15) is 0 Å². The van der Waals surface area contributed by atoms with Crippen LogP contribution in [0.1, 0.15) is 24.0 Å². The molecule has 0 radical (unpaired) electrons. The van der Waals surface area contributed by atoms with Crippen molar-refractivity contribution in [1.29, 1.82) is 0 Å². The number of hydrogen-bond donors (Lipinski definition) is 2. The lowest BCUT2D eigenvalue weighted by atomic mass is 9.94. The third kappa shape index (κ3) is 12.0. The molecule has 0 bridgehead atoms. The van der Waals surface area contributed by atoms with Crippen molar-refractivity contribution in [2.75, 3.05) is 71.2 Å². The van der Waals surface area contributed by atoms with Crippen molar-refractivity contribution in [2.45, 2.75) is 25.8 Å². The largest absolute Gasteiger partial charge is 0.494 e. The first-order valence-corrected chi connectivity index (χ1v) is 13.6. The topological polar surface area (TPSA) is 181 Å². The van der Waals surface area contributed by atoms with Crippen LogP contribution in [0.15, 0.2) is 41.8 Å². The van der Waals surface area contributed by atoms with Crippen molar-refractivity contribution in [3.8, 4) is 5.75 Å². The molecule has 222 valence electrons. The molecule has 1 aromatic carbocycles. The lowest BCUT2D eigenvalue weighted by Gasteiger charge is -2.24. The zero-order valence-corrected chi connectivity index (χ0v) is 23.0. The number of carboxylic acids is 1. The second-order valence-electron chi connectivity index (χ2n) is 9.18. The number of carboxylic acid groups (broad SMARTS) is 1. The summed E-state index contributed by atoms with van der Waals surface area (Å²) >= 11 is 0. The Hall–Kier alpha value is -3.97. The van der Waals surface area contributed by atoms with E-state index < -0.39 is 11.9 Å². The third-order valence-corrected chi connectivity index (χ3v) is 6.17. The average molecular weight is 572 g/mol. The Morgan fingerprint density at radius 2 is 1.80 bits per heavy atom. The second-order valence-corrected chi connectivity index (χ2v) is 9.18. The van der Waals surface area contributed by atoms with Gasteiger partial charge in [0.1, 0.15) is 5.75 Å². The minimum atomic E-state index is -1.00. The van der Waals surface area contributed by atoms with Gasteiger partial charge in [-0.1, -0.05) is 11.2 Å². The van der Waals surface area contributed by atoms with Crippen LogP contribution in [0, 0.1) is 5.92 Å². The van der Waals surface area contributed by atoms with E-state index in [9.17, 15) is 14.7 Å². The van der Waals surface area contributed by atoms with Gasteiger partial charge in [-0.25, -0.2) is 9.97 Å². The molecule has 1 atom stereocenters. The normalized spacial score (nSPS) is 14.6. The fourth-order valence-corrected chi connectivity index (χ4v) is 4.21. The Morgan fingerprint density at radius 3 is 2.54 bits per heavy atom. The number of ether oxygens (including phenoxy) is 4. The Kier molecular flexibility index (Phi) is 14.2. The van der Waals surface area contributed by atoms with Crippen LogP contribution in [-0.2, 0) is 36.8 Å². The molecule has 0 aliphatic carbocycles. The van der Waals surface area contributed by atoms with Crippen LogP contribution in [0.3, 0.4) is 0 Å². The Labute approximate surface area is 238 Å². The number of aliphatic carboxylic acids is 1. The van der Waals surface area contributed by atoms with Gasteiger partial charge in [0.15, 0.2) is 0 Å². The van der Waals surface area contributed by atoms with Gasteiger partial charge in [0, 0.05) is 43.5 Å². The quantitative estimate of drug-likeness (QED) is 0.104. The molecule has 14 nitrogen and oxygen atoms in total. The number of nitrogens with one attached hydrogen (secondary N) is 1. The van der Waals surface area contributed by atoms with Gasteiger partial charge in [0.25, 0.3) is 0 Å². The molecule has 2 aromatic rings. The Bertz CT molecular complexity index is 1130. The van der Waals surface area contributed by atoms with E-state index in [0.717, 1.165) is 17.5 Å². The molecule has 3 rings (SSSR count). The Balaban J connectivity index is 1.44. The molecule has 1 aliphatic rings. The Morgan fingerprint density at radius 1 is 1.07 bits per heavy atom. The molecule has 1 aliphatic heterocycles. The number of hydrogen-bond acceptors (Lipinski definition) is 10. The molecule has 0 saturated heterocycles. The van der Waals surface area contributed by atoms with Gasteiger partial charge in [0.05, 0.1) is 58.6 Å². The number of benzene rings is 1.